The van der Waals surface area contributed by atoms with Crippen LogP contribution in [0, 0.1) is 6.92 Å². The van der Waals surface area contributed by atoms with Crippen molar-refractivity contribution in [1.29, 1.82) is 0 Å². The predicted octanol–water partition coefficient (Wildman–Crippen LogP) is 2.64. The molecule has 2 heterocycles. The van der Waals surface area contributed by atoms with Gasteiger partial charge in [0.25, 0.3) is 5.88 Å². The number of hydrogen-bond donors (Lipinski definition) is 0. The summed E-state index contributed by atoms with van der Waals surface area (Å²) < 4.78 is 9.19. The van der Waals surface area contributed by atoms with Gasteiger partial charge < -0.3 is 4.74 Å². The van der Waals surface area contributed by atoms with E-state index in [2.05, 4.69) is 16.6 Å². The number of aromatic nitrogens is 3. The Kier molecular flexibility index (Phi) is 3.32. The highest BCUT2D eigenvalue weighted by atomic mass is 35.5. The van der Waals surface area contributed by atoms with Crippen LogP contribution in [0.2, 0.25) is 5.02 Å². The van der Waals surface area contributed by atoms with Gasteiger partial charge in [-0.25, -0.2) is 4.57 Å². The molecule has 0 fully saturated rings. The second-order valence-corrected chi connectivity index (χ2v) is 5.10. The number of fused-ring (bicyclic) bond motifs is 1. The normalized spacial score (nSPS) is 10.9. The number of ether oxygens (including phenoxy) is 1. The third-order valence-corrected chi connectivity index (χ3v) is 3.54. The largest absolute Gasteiger partial charge is 0.479 e. The number of imidazole rings is 1. The fraction of sp³-hybridized carbons (Fsp3) is 0.200. The number of rotatable bonds is 3. The summed E-state index contributed by atoms with van der Waals surface area (Å²) in [5, 5.41) is 5.14. The summed E-state index contributed by atoms with van der Waals surface area (Å²) in [5.41, 5.74) is 3.37. The first kappa shape index (κ1) is 12.9. The molecule has 0 saturated heterocycles. The zero-order chi connectivity index (χ0) is 14.1. The van der Waals surface area contributed by atoms with Crippen LogP contribution in [0.3, 0.4) is 0 Å². The summed E-state index contributed by atoms with van der Waals surface area (Å²) >= 11 is 5.92. The van der Waals surface area contributed by atoms with Crippen molar-refractivity contribution in [2.45, 2.75) is 13.5 Å². The van der Waals surface area contributed by atoms with E-state index in [4.69, 9.17) is 16.3 Å². The second-order valence-electron chi connectivity index (χ2n) is 4.66. The molecule has 0 aliphatic heterocycles. The maximum absolute atomic E-state index is 5.92. The average molecular weight is 289 g/mol. The molecule has 0 unspecified atom stereocenters. The van der Waals surface area contributed by atoms with E-state index in [0.29, 0.717) is 5.88 Å². The van der Waals surface area contributed by atoms with E-state index >= 15 is 0 Å². The number of hydrogen-bond acceptors (Lipinski definition) is 2. The van der Waals surface area contributed by atoms with Crippen molar-refractivity contribution in [1.82, 2.24) is 9.61 Å². The number of methoxy groups -OCH3 is 1. The van der Waals surface area contributed by atoms with Crippen LogP contribution in [0.1, 0.15) is 11.3 Å². The van der Waals surface area contributed by atoms with Crippen molar-refractivity contribution in [2.75, 3.05) is 7.11 Å². The number of nitrogens with zero attached hydrogens (tertiary/aromatic N) is 3. The highest BCUT2D eigenvalue weighted by molar-refractivity contribution is 6.30. The SMILES string of the molecule is COc1ccc2n(cc(C)[n+]2Cc2ccc(Cl)cc2)n1. The van der Waals surface area contributed by atoms with Crippen LogP contribution in [0.4, 0.5) is 0 Å². The van der Waals surface area contributed by atoms with E-state index in [9.17, 15) is 0 Å². The summed E-state index contributed by atoms with van der Waals surface area (Å²) in [6.07, 6.45) is 1.99. The van der Waals surface area contributed by atoms with E-state index in [1.54, 1.807) is 7.11 Å². The van der Waals surface area contributed by atoms with E-state index < -0.39 is 0 Å². The Morgan fingerprint density at radius 2 is 1.95 bits per heavy atom. The molecule has 102 valence electrons. The van der Waals surface area contributed by atoms with Crippen LogP contribution >= 0.6 is 11.6 Å². The Labute approximate surface area is 122 Å². The summed E-state index contributed by atoms with van der Waals surface area (Å²) in [4.78, 5) is 0. The molecule has 0 radical (unpaired) electrons. The Morgan fingerprint density at radius 3 is 2.65 bits per heavy atom. The van der Waals surface area contributed by atoms with Crippen LogP contribution in [-0.4, -0.2) is 16.7 Å². The molecule has 2 aromatic heterocycles. The van der Waals surface area contributed by atoms with Gasteiger partial charge in [0.05, 0.1) is 7.11 Å². The topological polar surface area (TPSA) is 30.4 Å². The van der Waals surface area contributed by atoms with Gasteiger partial charge in [0, 0.05) is 24.1 Å². The minimum atomic E-state index is 0.603. The third kappa shape index (κ3) is 2.34. The minimum Gasteiger partial charge on any atom is -0.479 e. The fourth-order valence-electron chi connectivity index (χ4n) is 2.24. The molecule has 0 N–H and O–H groups in total. The summed E-state index contributed by atoms with van der Waals surface area (Å²) in [6, 6.07) is 11.8. The first-order valence-electron chi connectivity index (χ1n) is 6.34. The van der Waals surface area contributed by atoms with Gasteiger partial charge >= 0.3 is 5.65 Å². The molecular weight excluding hydrogens is 274 g/mol. The van der Waals surface area contributed by atoms with Crippen molar-refractivity contribution in [3.63, 3.8) is 0 Å². The first-order chi connectivity index (χ1) is 9.67. The predicted molar refractivity (Wildman–Crippen MR) is 77.2 cm³/mol. The molecule has 0 bridgehead atoms. The van der Waals surface area contributed by atoms with E-state index in [1.165, 1.54) is 5.56 Å². The highest BCUT2D eigenvalue weighted by Crippen LogP contribution is 2.11. The Morgan fingerprint density at radius 1 is 1.20 bits per heavy atom. The summed E-state index contributed by atoms with van der Waals surface area (Å²) in [5.74, 6) is 0.603. The van der Waals surface area contributed by atoms with Crippen molar-refractivity contribution < 1.29 is 9.30 Å². The molecule has 20 heavy (non-hydrogen) atoms. The lowest BCUT2D eigenvalue weighted by atomic mass is 10.2. The van der Waals surface area contributed by atoms with Crippen LogP contribution in [0.15, 0.2) is 42.6 Å². The first-order valence-corrected chi connectivity index (χ1v) is 6.72. The zero-order valence-electron chi connectivity index (χ0n) is 11.4. The molecule has 0 saturated carbocycles. The van der Waals surface area contributed by atoms with Gasteiger partial charge in [0.15, 0.2) is 6.20 Å². The second kappa shape index (κ2) is 5.13. The molecule has 5 heteroatoms. The maximum Gasteiger partial charge on any atom is 0.307 e. The van der Waals surface area contributed by atoms with Gasteiger partial charge in [-0.05, 0) is 22.8 Å². The molecule has 3 aromatic rings. The highest BCUT2D eigenvalue weighted by Gasteiger charge is 2.16. The van der Waals surface area contributed by atoms with E-state index in [-0.39, 0.29) is 0 Å². The molecule has 0 atom stereocenters. The van der Waals surface area contributed by atoms with Gasteiger partial charge in [0.2, 0.25) is 0 Å². The van der Waals surface area contributed by atoms with Gasteiger partial charge in [-0.3, -0.25) is 0 Å². The van der Waals surface area contributed by atoms with Crippen LogP contribution in [0.25, 0.3) is 5.65 Å². The Balaban J connectivity index is 2.02. The molecule has 0 aliphatic carbocycles. The summed E-state index contributed by atoms with van der Waals surface area (Å²) in [7, 11) is 1.62. The number of aryl methyl sites for hydroxylation is 1. The monoisotopic (exact) mass is 288 g/mol. The van der Waals surface area contributed by atoms with Crippen LogP contribution < -0.4 is 9.30 Å². The van der Waals surface area contributed by atoms with E-state index in [0.717, 1.165) is 22.9 Å². The molecular formula is C15H15ClN3O+. The quantitative estimate of drug-likeness (QED) is 0.694. The number of halogens is 1. The Bertz CT molecular complexity index is 750. The lowest BCUT2D eigenvalue weighted by Gasteiger charge is -2.01. The van der Waals surface area contributed by atoms with Crippen molar-refractivity contribution in [2.24, 2.45) is 0 Å². The average Bonchev–Trinajstić information content (AvgIpc) is 2.76. The van der Waals surface area contributed by atoms with Gasteiger partial charge in [-0.2, -0.15) is 0 Å². The zero-order valence-corrected chi connectivity index (χ0v) is 12.1. The van der Waals surface area contributed by atoms with Crippen molar-refractivity contribution >= 4 is 17.2 Å². The smallest absolute Gasteiger partial charge is 0.307 e. The van der Waals surface area contributed by atoms with Gasteiger partial charge in [-0.1, -0.05) is 28.2 Å². The molecule has 0 amide bonds. The number of benzene rings is 1. The maximum atomic E-state index is 5.92. The molecule has 0 spiro atoms. The molecule has 4 nitrogen and oxygen atoms in total. The summed E-state index contributed by atoms with van der Waals surface area (Å²) in [6.45, 7) is 2.85. The minimum absolute atomic E-state index is 0.603. The molecule has 0 aliphatic rings. The molecule has 1 aromatic carbocycles. The van der Waals surface area contributed by atoms with E-state index in [1.807, 2.05) is 47.1 Å². The fourth-order valence-corrected chi connectivity index (χ4v) is 2.36. The van der Waals surface area contributed by atoms with Crippen LogP contribution in [-0.2, 0) is 6.54 Å². The van der Waals surface area contributed by atoms with Crippen molar-refractivity contribution in [3.05, 3.63) is 58.9 Å². The van der Waals surface area contributed by atoms with Crippen molar-refractivity contribution in [3.8, 4) is 5.88 Å². The third-order valence-electron chi connectivity index (χ3n) is 3.29. The lowest BCUT2D eigenvalue weighted by molar-refractivity contribution is -0.668. The standard InChI is InChI=1S/C15H15ClN3O/c1-11-9-19-15(8-7-14(17-19)20-2)18(11)10-12-3-5-13(16)6-4-12/h3-9H,10H2,1-2H3/q+1. The Hall–Kier alpha value is -2.07. The van der Waals surface area contributed by atoms with Gasteiger partial charge in [0.1, 0.15) is 12.2 Å². The van der Waals surface area contributed by atoms with Crippen LogP contribution in [0.5, 0.6) is 5.88 Å². The molecule has 3 rings (SSSR count). The van der Waals surface area contributed by atoms with Gasteiger partial charge in [-0.15, -0.1) is 0 Å². The lowest BCUT2D eigenvalue weighted by Crippen LogP contribution is -2.36.